The molecule has 0 aromatic rings. The van der Waals surface area contributed by atoms with E-state index in [1.807, 2.05) is 0 Å². The minimum Gasteiger partial charge on any atom is -0.392 e. The minimum absolute atomic E-state index is 0.261. The Morgan fingerprint density at radius 1 is 1.58 bits per heavy atom. The van der Waals surface area contributed by atoms with Crippen LogP contribution in [0.25, 0.3) is 0 Å². The van der Waals surface area contributed by atoms with E-state index in [-0.39, 0.29) is 6.10 Å². The molecule has 0 spiro atoms. The summed E-state index contributed by atoms with van der Waals surface area (Å²) in [6.45, 7) is 2.47. The summed E-state index contributed by atoms with van der Waals surface area (Å²) in [6.07, 6.45) is 3.64. The molecule has 1 aliphatic rings. The van der Waals surface area contributed by atoms with Crippen LogP contribution in [0.5, 0.6) is 0 Å². The molecule has 0 aliphatic heterocycles. The maximum Gasteiger partial charge on any atom is 0.0724 e. The lowest BCUT2D eigenvalue weighted by Crippen LogP contribution is -2.40. The molecule has 0 bridgehead atoms. The smallest absolute Gasteiger partial charge is 0.0724 e. The molecule has 3 atom stereocenters. The zero-order valence-electron chi connectivity index (χ0n) is 7.92. The van der Waals surface area contributed by atoms with Crippen LogP contribution in [-0.4, -0.2) is 37.0 Å². The number of methoxy groups -OCH3 is 1. The van der Waals surface area contributed by atoms with E-state index >= 15 is 0 Å². The Kier molecular flexibility index (Phi) is 3.98. The summed E-state index contributed by atoms with van der Waals surface area (Å²) in [7, 11) is 1.76. The van der Waals surface area contributed by atoms with Crippen molar-refractivity contribution in [1.29, 1.82) is 0 Å². The number of aliphatic hydroxyl groups excluding tert-OH is 1. The standard InChI is InChI=1S/C9H19NO2/c1-7(11)6-10-8-4-3-5-9(8)12-2/h7-11H,3-6H2,1-2H3/t7-,8?,9?/m1/s1. The molecule has 1 aliphatic carbocycles. The normalized spacial score (nSPS) is 32.2. The summed E-state index contributed by atoms with van der Waals surface area (Å²) < 4.78 is 5.31. The second-order valence-corrected chi connectivity index (χ2v) is 3.57. The molecule has 3 nitrogen and oxygen atoms in total. The predicted octanol–water partition coefficient (Wildman–Crippen LogP) is 0.524. The van der Waals surface area contributed by atoms with Gasteiger partial charge >= 0.3 is 0 Å². The SMILES string of the molecule is COC1CCCC1NC[C@@H](C)O. The summed E-state index contributed by atoms with van der Waals surface area (Å²) >= 11 is 0. The van der Waals surface area contributed by atoms with E-state index in [0.717, 1.165) is 6.42 Å². The Balaban J connectivity index is 2.21. The van der Waals surface area contributed by atoms with Crippen molar-refractivity contribution in [1.82, 2.24) is 5.32 Å². The van der Waals surface area contributed by atoms with Gasteiger partial charge in [-0.15, -0.1) is 0 Å². The molecule has 0 amide bonds. The highest BCUT2D eigenvalue weighted by Crippen LogP contribution is 2.21. The van der Waals surface area contributed by atoms with Crippen molar-refractivity contribution in [2.24, 2.45) is 0 Å². The lowest BCUT2D eigenvalue weighted by Gasteiger charge is -2.20. The van der Waals surface area contributed by atoms with Gasteiger partial charge in [-0.1, -0.05) is 0 Å². The van der Waals surface area contributed by atoms with Gasteiger partial charge in [0.25, 0.3) is 0 Å². The number of hydrogen-bond donors (Lipinski definition) is 2. The molecule has 1 rings (SSSR count). The maximum atomic E-state index is 9.07. The van der Waals surface area contributed by atoms with E-state index in [4.69, 9.17) is 9.84 Å². The molecule has 1 fully saturated rings. The molecule has 0 radical (unpaired) electrons. The summed E-state index contributed by atoms with van der Waals surface area (Å²) in [5, 5.41) is 12.4. The highest BCUT2D eigenvalue weighted by molar-refractivity contribution is 4.84. The van der Waals surface area contributed by atoms with Crippen molar-refractivity contribution in [3.05, 3.63) is 0 Å². The zero-order valence-corrected chi connectivity index (χ0v) is 7.92. The fourth-order valence-corrected chi connectivity index (χ4v) is 1.76. The first-order valence-electron chi connectivity index (χ1n) is 4.68. The van der Waals surface area contributed by atoms with E-state index in [1.54, 1.807) is 14.0 Å². The van der Waals surface area contributed by atoms with Crippen LogP contribution in [0.1, 0.15) is 26.2 Å². The van der Waals surface area contributed by atoms with E-state index < -0.39 is 0 Å². The summed E-state index contributed by atoms with van der Waals surface area (Å²) in [4.78, 5) is 0. The third-order valence-corrected chi connectivity index (χ3v) is 2.43. The van der Waals surface area contributed by atoms with E-state index in [1.165, 1.54) is 12.8 Å². The molecule has 2 N–H and O–H groups in total. The Bertz CT molecular complexity index is 128. The summed E-state index contributed by atoms with van der Waals surface area (Å²) in [5.41, 5.74) is 0. The molecular weight excluding hydrogens is 154 g/mol. The molecule has 0 saturated heterocycles. The maximum absolute atomic E-state index is 9.07. The van der Waals surface area contributed by atoms with Gasteiger partial charge in [-0.25, -0.2) is 0 Å². The van der Waals surface area contributed by atoms with E-state index in [9.17, 15) is 0 Å². The minimum atomic E-state index is -0.261. The third-order valence-electron chi connectivity index (χ3n) is 2.43. The van der Waals surface area contributed by atoms with Crippen LogP contribution < -0.4 is 5.32 Å². The monoisotopic (exact) mass is 173 g/mol. The molecule has 1 saturated carbocycles. The third kappa shape index (κ3) is 2.73. The Hall–Kier alpha value is -0.120. The predicted molar refractivity (Wildman–Crippen MR) is 48.1 cm³/mol. The van der Waals surface area contributed by atoms with Gasteiger partial charge in [0.2, 0.25) is 0 Å². The van der Waals surface area contributed by atoms with Crippen LogP contribution in [0, 0.1) is 0 Å². The second kappa shape index (κ2) is 4.80. The number of aliphatic hydroxyl groups is 1. The van der Waals surface area contributed by atoms with Crippen molar-refractivity contribution in [2.75, 3.05) is 13.7 Å². The van der Waals surface area contributed by atoms with Crippen LogP contribution in [0.2, 0.25) is 0 Å². The van der Waals surface area contributed by atoms with Gasteiger partial charge in [-0.3, -0.25) is 0 Å². The highest BCUT2D eigenvalue weighted by Gasteiger charge is 2.26. The van der Waals surface area contributed by atoms with E-state index in [0.29, 0.717) is 18.7 Å². The fraction of sp³-hybridized carbons (Fsp3) is 1.00. The number of ether oxygens (including phenoxy) is 1. The van der Waals surface area contributed by atoms with Crippen LogP contribution in [0.15, 0.2) is 0 Å². The average molecular weight is 173 g/mol. The first kappa shape index (κ1) is 9.96. The number of nitrogens with one attached hydrogen (secondary N) is 1. The molecule has 0 aromatic heterocycles. The van der Waals surface area contributed by atoms with Crippen LogP contribution in [0.4, 0.5) is 0 Å². The van der Waals surface area contributed by atoms with Gasteiger partial charge in [0, 0.05) is 19.7 Å². The highest BCUT2D eigenvalue weighted by atomic mass is 16.5. The second-order valence-electron chi connectivity index (χ2n) is 3.57. The van der Waals surface area contributed by atoms with Gasteiger partial charge in [0.05, 0.1) is 12.2 Å². The Morgan fingerprint density at radius 2 is 2.33 bits per heavy atom. The number of rotatable bonds is 4. The van der Waals surface area contributed by atoms with Crippen LogP contribution in [-0.2, 0) is 4.74 Å². The van der Waals surface area contributed by atoms with Gasteiger partial charge in [0.15, 0.2) is 0 Å². The number of hydrogen-bond acceptors (Lipinski definition) is 3. The van der Waals surface area contributed by atoms with Gasteiger partial charge in [0.1, 0.15) is 0 Å². The van der Waals surface area contributed by atoms with Gasteiger partial charge in [-0.05, 0) is 26.2 Å². The first-order chi connectivity index (χ1) is 5.74. The van der Waals surface area contributed by atoms with Crippen molar-refractivity contribution in [3.8, 4) is 0 Å². The van der Waals surface area contributed by atoms with E-state index in [2.05, 4.69) is 5.32 Å². The molecule has 2 unspecified atom stereocenters. The van der Waals surface area contributed by atoms with Gasteiger partial charge < -0.3 is 15.2 Å². The fourth-order valence-electron chi connectivity index (χ4n) is 1.76. The molecule has 3 heteroatoms. The Labute approximate surface area is 74.1 Å². The van der Waals surface area contributed by atoms with Crippen molar-refractivity contribution < 1.29 is 9.84 Å². The van der Waals surface area contributed by atoms with Gasteiger partial charge in [-0.2, -0.15) is 0 Å². The summed E-state index contributed by atoms with van der Waals surface area (Å²) in [6, 6.07) is 0.449. The average Bonchev–Trinajstić information content (AvgIpc) is 2.47. The molecule has 12 heavy (non-hydrogen) atoms. The van der Waals surface area contributed by atoms with Crippen LogP contribution >= 0.6 is 0 Å². The molecule has 72 valence electrons. The topological polar surface area (TPSA) is 41.5 Å². The zero-order chi connectivity index (χ0) is 8.97. The van der Waals surface area contributed by atoms with Crippen molar-refractivity contribution in [2.45, 2.75) is 44.4 Å². The van der Waals surface area contributed by atoms with Crippen LogP contribution in [0.3, 0.4) is 0 Å². The Morgan fingerprint density at radius 3 is 2.92 bits per heavy atom. The molecule has 0 heterocycles. The van der Waals surface area contributed by atoms with Crippen molar-refractivity contribution in [3.63, 3.8) is 0 Å². The van der Waals surface area contributed by atoms with Crippen molar-refractivity contribution >= 4 is 0 Å². The first-order valence-corrected chi connectivity index (χ1v) is 4.68. The molecule has 0 aromatic carbocycles. The lowest BCUT2D eigenvalue weighted by atomic mass is 10.2. The largest absolute Gasteiger partial charge is 0.392 e. The molecular formula is C9H19NO2. The lowest BCUT2D eigenvalue weighted by molar-refractivity contribution is 0.0795. The quantitative estimate of drug-likeness (QED) is 0.651. The summed E-state index contributed by atoms with van der Waals surface area (Å²) in [5.74, 6) is 0.